The van der Waals surface area contributed by atoms with E-state index >= 15 is 0 Å². The summed E-state index contributed by atoms with van der Waals surface area (Å²) in [5.41, 5.74) is 7.12. The predicted octanol–water partition coefficient (Wildman–Crippen LogP) is 3.10. The number of nitriles is 1. The molecule has 1 saturated carbocycles. The Balaban J connectivity index is 1.68. The van der Waals surface area contributed by atoms with Crippen molar-refractivity contribution in [1.29, 1.82) is 5.26 Å². The van der Waals surface area contributed by atoms with Gasteiger partial charge in [0.05, 0.1) is 21.5 Å². The topological polar surface area (TPSA) is 96.0 Å². The van der Waals surface area contributed by atoms with Gasteiger partial charge in [-0.2, -0.15) is 5.26 Å². The van der Waals surface area contributed by atoms with E-state index in [2.05, 4.69) is 11.4 Å². The first-order valence-corrected chi connectivity index (χ1v) is 9.58. The monoisotopic (exact) mass is 365 g/mol. The average molecular weight is 365 g/mol. The van der Waals surface area contributed by atoms with Crippen molar-refractivity contribution >= 4 is 28.0 Å². The number of nitrogens with two attached hydrogens (primary N) is 1. The quantitative estimate of drug-likeness (QED) is 0.870. The van der Waals surface area contributed by atoms with Crippen LogP contribution in [0, 0.1) is 16.7 Å². The third-order valence-electron chi connectivity index (χ3n) is 5.18. The minimum atomic E-state index is -1.09. The summed E-state index contributed by atoms with van der Waals surface area (Å²) in [5, 5.41) is 13.2. The standard InChI is InChI=1S/C20H19N3O2S/c21-11-20(10-12-4-2-1-3-5-12)9-8-14-15(19(25)23-13-6-7-13)18(22)26-16(14)17(20)24/h1-5,13H,6-10,22H2,(H,23,25). The number of rotatable bonds is 4. The highest BCUT2D eigenvalue weighted by Crippen LogP contribution is 2.44. The fraction of sp³-hybridized carbons (Fsp3) is 0.350. The first-order valence-electron chi connectivity index (χ1n) is 8.76. The van der Waals surface area contributed by atoms with Crippen LogP contribution < -0.4 is 11.1 Å². The molecule has 3 N–H and O–H groups in total. The summed E-state index contributed by atoms with van der Waals surface area (Å²) < 4.78 is 0. The average Bonchev–Trinajstić information content (AvgIpc) is 3.38. The van der Waals surface area contributed by atoms with Crippen molar-refractivity contribution in [1.82, 2.24) is 5.32 Å². The zero-order chi connectivity index (χ0) is 18.3. The van der Waals surface area contributed by atoms with Crippen LogP contribution in [-0.4, -0.2) is 17.7 Å². The van der Waals surface area contributed by atoms with Gasteiger partial charge in [0.1, 0.15) is 5.41 Å². The van der Waals surface area contributed by atoms with Crippen LogP contribution in [0.5, 0.6) is 0 Å². The van der Waals surface area contributed by atoms with Crippen LogP contribution in [0.4, 0.5) is 5.00 Å². The Bertz CT molecular complexity index is 925. The number of hydrogen-bond acceptors (Lipinski definition) is 5. The van der Waals surface area contributed by atoms with Gasteiger partial charge >= 0.3 is 0 Å². The van der Waals surface area contributed by atoms with Crippen LogP contribution in [0.25, 0.3) is 0 Å². The van der Waals surface area contributed by atoms with Crippen LogP contribution in [0.2, 0.25) is 0 Å². The molecule has 0 aliphatic heterocycles. The van der Waals surface area contributed by atoms with Crippen molar-refractivity contribution in [3.05, 3.63) is 51.9 Å². The second-order valence-electron chi connectivity index (χ2n) is 7.08. The van der Waals surface area contributed by atoms with Gasteiger partial charge in [-0.1, -0.05) is 30.3 Å². The maximum absolute atomic E-state index is 13.2. The van der Waals surface area contributed by atoms with E-state index in [1.54, 1.807) is 0 Å². The number of anilines is 1. The summed E-state index contributed by atoms with van der Waals surface area (Å²) in [6.45, 7) is 0. The number of Topliss-reactive ketones (excluding diaryl/α,β-unsaturated/α-hetero) is 1. The molecule has 1 unspecified atom stereocenters. The van der Waals surface area contributed by atoms with Gasteiger partial charge in [0.2, 0.25) is 0 Å². The Kier molecular flexibility index (Phi) is 4.04. The normalized spacial score (nSPS) is 21.7. The third-order valence-corrected chi connectivity index (χ3v) is 6.24. The van der Waals surface area contributed by atoms with Crippen molar-refractivity contribution < 1.29 is 9.59 Å². The molecule has 0 saturated heterocycles. The zero-order valence-electron chi connectivity index (χ0n) is 14.2. The molecule has 1 aromatic heterocycles. The predicted molar refractivity (Wildman–Crippen MR) is 100 cm³/mol. The van der Waals surface area contributed by atoms with E-state index in [0.717, 1.165) is 35.3 Å². The molecule has 1 aromatic carbocycles. The van der Waals surface area contributed by atoms with Gasteiger partial charge < -0.3 is 11.1 Å². The molecule has 6 heteroatoms. The number of carbonyl (C=O) groups is 2. The molecule has 1 amide bonds. The fourth-order valence-electron chi connectivity index (χ4n) is 3.57. The Labute approximate surface area is 155 Å². The highest BCUT2D eigenvalue weighted by atomic mass is 32.1. The Morgan fingerprint density at radius 1 is 1.35 bits per heavy atom. The van der Waals surface area contributed by atoms with E-state index in [9.17, 15) is 14.9 Å². The maximum Gasteiger partial charge on any atom is 0.254 e. The fourth-order valence-corrected chi connectivity index (χ4v) is 4.72. The summed E-state index contributed by atoms with van der Waals surface area (Å²) in [7, 11) is 0. The van der Waals surface area contributed by atoms with Crippen molar-refractivity contribution in [3.63, 3.8) is 0 Å². The molecule has 1 fully saturated rings. The van der Waals surface area contributed by atoms with Gasteiger partial charge in [-0.25, -0.2) is 0 Å². The summed E-state index contributed by atoms with van der Waals surface area (Å²) in [4.78, 5) is 26.2. The van der Waals surface area contributed by atoms with Gasteiger partial charge in [0, 0.05) is 6.04 Å². The molecule has 2 aliphatic rings. The Hall–Kier alpha value is -2.65. The lowest BCUT2D eigenvalue weighted by Crippen LogP contribution is -2.37. The Morgan fingerprint density at radius 2 is 2.08 bits per heavy atom. The minimum Gasteiger partial charge on any atom is -0.390 e. The number of nitrogens with one attached hydrogen (secondary N) is 1. The van der Waals surface area contributed by atoms with Crippen molar-refractivity contribution in [2.45, 2.75) is 38.1 Å². The molecule has 4 rings (SSSR count). The maximum atomic E-state index is 13.2. The number of ketones is 1. The second kappa shape index (κ2) is 6.26. The van der Waals surface area contributed by atoms with Crippen LogP contribution in [0.3, 0.4) is 0 Å². The van der Waals surface area contributed by atoms with E-state index in [1.165, 1.54) is 0 Å². The number of benzene rings is 1. The second-order valence-corrected chi connectivity index (χ2v) is 8.13. The van der Waals surface area contributed by atoms with Gasteiger partial charge in [-0.05, 0) is 43.2 Å². The van der Waals surface area contributed by atoms with Crippen molar-refractivity contribution in [2.75, 3.05) is 5.73 Å². The summed E-state index contributed by atoms with van der Waals surface area (Å²) in [6.07, 6.45) is 3.29. The molecule has 132 valence electrons. The molecule has 26 heavy (non-hydrogen) atoms. The highest BCUT2D eigenvalue weighted by Gasteiger charge is 2.46. The molecule has 2 aliphatic carbocycles. The first kappa shape index (κ1) is 16.8. The third kappa shape index (κ3) is 2.78. The lowest BCUT2D eigenvalue weighted by atomic mass is 9.70. The van der Waals surface area contributed by atoms with E-state index < -0.39 is 5.41 Å². The summed E-state index contributed by atoms with van der Waals surface area (Å²) in [5.74, 6) is -0.393. The van der Waals surface area contributed by atoms with Crippen LogP contribution >= 0.6 is 11.3 Å². The number of hydrogen-bond donors (Lipinski definition) is 2. The molecular weight excluding hydrogens is 346 g/mol. The van der Waals surface area contributed by atoms with E-state index in [-0.39, 0.29) is 17.7 Å². The molecule has 1 atom stereocenters. The molecule has 2 aromatic rings. The largest absolute Gasteiger partial charge is 0.390 e. The smallest absolute Gasteiger partial charge is 0.254 e. The number of fused-ring (bicyclic) bond motifs is 1. The summed E-state index contributed by atoms with van der Waals surface area (Å²) >= 11 is 1.15. The molecule has 0 bridgehead atoms. The highest BCUT2D eigenvalue weighted by molar-refractivity contribution is 7.18. The van der Waals surface area contributed by atoms with E-state index in [1.807, 2.05) is 30.3 Å². The zero-order valence-corrected chi connectivity index (χ0v) is 15.1. The van der Waals surface area contributed by atoms with Crippen molar-refractivity contribution in [3.8, 4) is 6.07 Å². The number of carbonyl (C=O) groups excluding carboxylic acids is 2. The van der Waals surface area contributed by atoms with Crippen LogP contribution in [0.1, 0.15) is 50.4 Å². The lowest BCUT2D eigenvalue weighted by Gasteiger charge is -2.29. The van der Waals surface area contributed by atoms with Gasteiger partial charge in [-0.3, -0.25) is 9.59 Å². The van der Waals surface area contributed by atoms with Crippen LogP contribution in [0.15, 0.2) is 30.3 Å². The van der Waals surface area contributed by atoms with Gasteiger partial charge in [-0.15, -0.1) is 11.3 Å². The lowest BCUT2D eigenvalue weighted by molar-refractivity contribution is 0.0839. The van der Waals surface area contributed by atoms with Crippen LogP contribution in [-0.2, 0) is 12.8 Å². The SMILES string of the molecule is N#CC1(Cc2ccccc2)CCc2c(sc(N)c2C(=O)NC2CC2)C1=O. The molecule has 1 heterocycles. The number of nitrogen functional groups attached to an aromatic ring is 1. The molecule has 5 nitrogen and oxygen atoms in total. The van der Waals surface area contributed by atoms with E-state index in [4.69, 9.17) is 5.73 Å². The number of amides is 1. The minimum absolute atomic E-state index is 0.192. The first-order chi connectivity index (χ1) is 12.5. The Morgan fingerprint density at radius 3 is 2.73 bits per heavy atom. The summed E-state index contributed by atoms with van der Waals surface area (Å²) in [6, 6.07) is 12.1. The molecular formula is C20H19N3O2S. The van der Waals surface area contributed by atoms with Crippen molar-refractivity contribution in [2.24, 2.45) is 5.41 Å². The van der Waals surface area contributed by atoms with E-state index in [0.29, 0.717) is 34.7 Å². The number of thiophene rings is 1. The van der Waals surface area contributed by atoms with Gasteiger partial charge in [0.15, 0.2) is 5.78 Å². The molecule has 0 spiro atoms. The van der Waals surface area contributed by atoms with Gasteiger partial charge in [0.25, 0.3) is 5.91 Å². The molecule has 0 radical (unpaired) electrons. The number of nitrogens with zero attached hydrogens (tertiary/aromatic N) is 1.